The highest BCUT2D eigenvalue weighted by Crippen LogP contribution is 2.62. The summed E-state index contributed by atoms with van der Waals surface area (Å²) in [4.78, 5) is 58.3. The fourth-order valence-electron chi connectivity index (χ4n) is 6.37. The van der Waals surface area contributed by atoms with Crippen LogP contribution in [0.2, 0.25) is 0 Å². The molecule has 5 heterocycles. The normalized spacial score (nSPS) is 24.8. The Labute approximate surface area is 231 Å². The van der Waals surface area contributed by atoms with Crippen LogP contribution in [0.5, 0.6) is 0 Å². The number of Topliss-reactive ketones (excluding diaryl/α,β-unsaturated/α-hetero) is 1. The van der Waals surface area contributed by atoms with Crippen molar-refractivity contribution in [2.45, 2.75) is 25.3 Å². The monoisotopic (exact) mass is 561 g/mol. The van der Waals surface area contributed by atoms with Gasteiger partial charge in [-0.25, -0.2) is 4.39 Å². The van der Waals surface area contributed by atoms with E-state index in [4.69, 9.17) is 16.3 Å². The zero-order valence-electron chi connectivity index (χ0n) is 21.0. The SMILES string of the molecule is O=C1C=C(F)C2=C(Cl)C=NCC3=C(C2=C1)C(C(=O)OCC(=O)c1ccn2cnnc2c1)CN1C(=O)CC2(CC2)C31. The summed E-state index contributed by atoms with van der Waals surface area (Å²) in [6, 6.07) is 2.78. The molecule has 2 aliphatic carbocycles. The molecule has 0 N–H and O–H groups in total. The molecule has 2 aromatic heterocycles. The van der Waals surface area contributed by atoms with E-state index in [0.29, 0.717) is 23.2 Å². The van der Waals surface area contributed by atoms with Crippen molar-refractivity contribution >= 4 is 46.9 Å². The number of carbonyl (C=O) groups is 4. The van der Waals surface area contributed by atoms with Crippen molar-refractivity contribution in [2.75, 3.05) is 19.7 Å². The first kappa shape index (κ1) is 24.8. The van der Waals surface area contributed by atoms with E-state index in [1.54, 1.807) is 21.6 Å². The number of carbonyl (C=O) groups excluding carboxylic acids is 4. The fraction of sp³-hybridized carbons (Fsp3) is 0.321. The van der Waals surface area contributed by atoms with E-state index in [1.807, 2.05) is 0 Å². The van der Waals surface area contributed by atoms with Crippen LogP contribution in [0.3, 0.4) is 0 Å². The van der Waals surface area contributed by atoms with E-state index in [2.05, 4.69) is 15.2 Å². The molecule has 5 aliphatic rings. The quantitative estimate of drug-likeness (QED) is 0.415. The lowest BCUT2D eigenvalue weighted by atomic mass is 9.74. The third-order valence-corrected chi connectivity index (χ3v) is 8.61. The average Bonchev–Trinajstić information content (AvgIpc) is 3.42. The number of aliphatic imine (C=N–C) groups is 1. The first-order chi connectivity index (χ1) is 19.3. The number of ketones is 2. The number of rotatable bonds is 4. The van der Waals surface area contributed by atoms with Gasteiger partial charge in [-0.2, -0.15) is 0 Å². The molecule has 1 amide bonds. The van der Waals surface area contributed by atoms with Crippen LogP contribution < -0.4 is 0 Å². The number of aromatic nitrogens is 3. The molecule has 0 radical (unpaired) electrons. The molecule has 1 saturated heterocycles. The zero-order chi connectivity index (χ0) is 27.8. The first-order valence-corrected chi connectivity index (χ1v) is 13.2. The Balaban J connectivity index is 1.27. The molecule has 2 aromatic rings. The third kappa shape index (κ3) is 3.79. The van der Waals surface area contributed by atoms with E-state index in [-0.39, 0.29) is 52.2 Å². The lowest BCUT2D eigenvalue weighted by Gasteiger charge is -2.41. The van der Waals surface area contributed by atoms with Gasteiger partial charge in [0, 0.05) is 48.0 Å². The second-order valence-electron chi connectivity index (χ2n) is 10.7. The van der Waals surface area contributed by atoms with Gasteiger partial charge in [-0.3, -0.25) is 28.6 Å². The van der Waals surface area contributed by atoms with Gasteiger partial charge in [-0.1, -0.05) is 11.6 Å². The topological polar surface area (TPSA) is 123 Å². The summed E-state index contributed by atoms with van der Waals surface area (Å²) in [5, 5.41) is 7.70. The molecule has 2 fully saturated rings. The van der Waals surface area contributed by atoms with E-state index < -0.39 is 35.9 Å². The summed E-state index contributed by atoms with van der Waals surface area (Å²) in [5.74, 6) is -3.79. The molecule has 1 spiro atoms. The Morgan fingerprint density at radius 1 is 1.23 bits per heavy atom. The van der Waals surface area contributed by atoms with E-state index in [1.165, 1.54) is 24.7 Å². The van der Waals surface area contributed by atoms with Gasteiger partial charge in [-0.05, 0) is 47.8 Å². The van der Waals surface area contributed by atoms with Crippen LogP contribution >= 0.6 is 11.6 Å². The number of halogens is 2. The predicted octanol–water partition coefficient (Wildman–Crippen LogP) is 2.70. The third-order valence-electron chi connectivity index (χ3n) is 8.32. The van der Waals surface area contributed by atoms with Crippen molar-refractivity contribution < 1.29 is 28.3 Å². The summed E-state index contributed by atoms with van der Waals surface area (Å²) in [6.07, 6.45) is 8.59. The van der Waals surface area contributed by atoms with Gasteiger partial charge in [0.05, 0.1) is 17.6 Å². The van der Waals surface area contributed by atoms with E-state index >= 15 is 4.39 Å². The van der Waals surface area contributed by atoms with Crippen molar-refractivity contribution in [3.05, 3.63) is 75.5 Å². The number of esters is 1. The maximum Gasteiger partial charge on any atom is 0.315 e. The van der Waals surface area contributed by atoms with Crippen LogP contribution in [0.25, 0.3) is 5.65 Å². The number of ether oxygens (including phenoxy) is 1. The van der Waals surface area contributed by atoms with Crippen LogP contribution in [0.1, 0.15) is 29.6 Å². The number of hydrogen-bond acceptors (Lipinski definition) is 8. The number of pyridine rings is 1. The molecule has 1 saturated carbocycles. The van der Waals surface area contributed by atoms with Crippen LogP contribution in [0.4, 0.5) is 4.39 Å². The van der Waals surface area contributed by atoms with Crippen molar-refractivity contribution in [3.8, 4) is 0 Å². The highest BCUT2D eigenvalue weighted by Gasteiger charge is 2.62. The van der Waals surface area contributed by atoms with Gasteiger partial charge in [0.15, 0.2) is 18.0 Å². The second-order valence-corrected chi connectivity index (χ2v) is 11.1. The lowest BCUT2D eigenvalue weighted by molar-refractivity contribution is -0.147. The van der Waals surface area contributed by atoms with Crippen LogP contribution in [0.15, 0.2) is 75.0 Å². The maximum atomic E-state index is 15.2. The Kier molecular flexibility index (Phi) is 5.50. The highest BCUT2D eigenvalue weighted by atomic mass is 35.5. The maximum absolute atomic E-state index is 15.2. The molecule has 10 nitrogen and oxygen atoms in total. The smallest absolute Gasteiger partial charge is 0.315 e. The van der Waals surface area contributed by atoms with Gasteiger partial charge >= 0.3 is 5.97 Å². The van der Waals surface area contributed by atoms with Gasteiger partial charge in [-0.15, -0.1) is 10.2 Å². The average molecular weight is 562 g/mol. The standard InChI is InChI=1S/C28H21ClFN5O5/c29-19-10-31-9-17-24(16-6-15(36)7-20(30)25(16)19)18(11-35-23(38)8-28(2-3-28)26(17)35)27(39)40-12-21(37)14-1-4-34-13-32-33-22(34)5-14/h1,4-7,10,13,18,26H,2-3,8-9,11-12H2. The number of hydrogen-bond donors (Lipinski definition) is 0. The fourth-order valence-corrected chi connectivity index (χ4v) is 6.63. The molecule has 3 aliphatic heterocycles. The molecule has 7 rings (SSSR count). The Hall–Kier alpha value is -4.25. The van der Waals surface area contributed by atoms with E-state index in [9.17, 15) is 19.2 Å². The highest BCUT2D eigenvalue weighted by molar-refractivity contribution is 6.40. The molecule has 0 aromatic carbocycles. The van der Waals surface area contributed by atoms with Crippen molar-refractivity contribution in [1.29, 1.82) is 0 Å². The molecule has 0 bridgehead atoms. The van der Waals surface area contributed by atoms with Crippen molar-refractivity contribution in [2.24, 2.45) is 16.3 Å². The van der Waals surface area contributed by atoms with Gasteiger partial charge in [0.2, 0.25) is 11.7 Å². The molecular weight excluding hydrogens is 541 g/mol. The summed E-state index contributed by atoms with van der Waals surface area (Å²) >= 11 is 6.41. The van der Waals surface area contributed by atoms with E-state index in [0.717, 1.165) is 18.9 Å². The zero-order valence-corrected chi connectivity index (χ0v) is 21.7. The minimum absolute atomic E-state index is 0.00344. The molecule has 2 unspecified atom stereocenters. The van der Waals surface area contributed by atoms with Crippen LogP contribution in [-0.2, 0) is 19.1 Å². The number of amides is 1. The van der Waals surface area contributed by atoms with Crippen molar-refractivity contribution in [3.63, 3.8) is 0 Å². The number of nitrogens with zero attached hydrogens (tertiary/aromatic N) is 5. The van der Waals surface area contributed by atoms with Crippen LogP contribution in [0, 0.1) is 11.3 Å². The van der Waals surface area contributed by atoms with Crippen molar-refractivity contribution in [1.82, 2.24) is 19.5 Å². The predicted molar refractivity (Wildman–Crippen MR) is 139 cm³/mol. The van der Waals surface area contributed by atoms with Gasteiger partial charge < -0.3 is 9.64 Å². The Bertz CT molecular complexity index is 1710. The summed E-state index contributed by atoms with van der Waals surface area (Å²) < 4.78 is 22.3. The molecule has 40 heavy (non-hydrogen) atoms. The largest absolute Gasteiger partial charge is 0.457 e. The second kappa shape index (κ2) is 8.88. The lowest BCUT2D eigenvalue weighted by Crippen LogP contribution is -2.49. The first-order valence-electron chi connectivity index (χ1n) is 12.8. The number of fused-ring (bicyclic) bond motifs is 6. The number of allylic oxidation sites excluding steroid dienone is 6. The van der Waals surface area contributed by atoms with Crippen LogP contribution in [-0.4, -0.2) is 74.9 Å². The molecular formula is C28H21ClFN5O5. The molecule has 202 valence electrons. The summed E-state index contributed by atoms with van der Waals surface area (Å²) in [7, 11) is 0. The molecule has 12 heteroatoms. The van der Waals surface area contributed by atoms with Gasteiger partial charge in [0.1, 0.15) is 18.1 Å². The Morgan fingerprint density at radius 2 is 2.05 bits per heavy atom. The minimum Gasteiger partial charge on any atom is -0.457 e. The Morgan fingerprint density at radius 3 is 2.85 bits per heavy atom. The molecule has 2 atom stereocenters. The summed E-state index contributed by atoms with van der Waals surface area (Å²) in [6.45, 7) is -0.460. The minimum atomic E-state index is -1.08. The van der Waals surface area contributed by atoms with Gasteiger partial charge in [0.25, 0.3) is 0 Å². The summed E-state index contributed by atoms with van der Waals surface area (Å²) in [5.41, 5.74) is 1.71.